The highest BCUT2D eigenvalue weighted by atomic mass is 32.2. The first-order chi connectivity index (χ1) is 16.3. The quantitative estimate of drug-likeness (QED) is 0.465. The lowest BCUT2D eigenvalue weighted by molar-refractivity contribution is 0.241. The van der Waals surface area contributed by atoms with Crippen LogP contribution in [0.25, 0.3) is 16.6 Å². The molecule has 2 fully saturated rings. The van der Waals surface area contributed by atoms with Crippen LogP contribution in [-0.4, -0.2) is 62.3 Å². The van der Waals surface area contributed by atoms with Crippen molar-refractivity contribution in [1.82, 2.24) is 29.1 Å². The van der Waals surface area contributed by atoms with Gasteiger partial charge in [-0.1, -0.05) is 0 Å². The molecule has 6 rings (SSSR count). The summed E-state index contributed by atoms with van der Waals surface area (Å²) in [4.78, 5) is 1.23. The second-order valence-corrected chi connectivity index (χ2v) is 11.0. The second-order valence-electron chi connectivity index (χ2n) is 9.16. The minimum Gasteiger partial charge on any atom is -0.396 e. The van der Waals surface area contributed by atoms with Gasteiger partial charge in [-0.25, -0.2) is 17.5 Å². The Hall–Kier alpha value is -3.15. The molecule has 3 atom stereocenters. The number of benzene rings is 2. The van der Waals surface area contributed by atoms with Gasteiger partial charge in [0, 0.05) is 37.5 Å². The molecule has 0 bridgehead atoms. The van der Waals surface area contributed by atoms with Crippen LogP contribution in [0, 0.1) is 24.6 Å². The summed E-state index contributed by atoms with van der Waals surface area (Å²) in [6.07, 6.45) is 3.02. The molecule has 2 aromatic carbocycles. The molecule has 4 aromatic rings. The Labute approximate surface area is 195 Å². The van der Waals surface area contributed by atoms with Gasteiger partial charge >= 0.3 is 0 Å². The number of aliphatic hydroxyl groups is 1. The average Bonchev–Trinajstić information content (AvgIpc) is 3.26. The Morgan fingerprint density at radius 3 is 2.62 bits per heavy atom. The monoisotopic (exact) mass is 482 g/mol. The van der Waals surface area contributed by atoms with E-state index in [1.165, 1.54) is 27.4 Å². The second kappa shape index (κ2) is 7.17. The maximum absolute atomic E-state index is 13.4. The van der Waals surface area contributed by atoms with Gasteiger partial charge in [-0.15, -0.1) is 5.10 Å². The minimum absolute atomic E-state index is 0.00395. The third-order valence-corrected chi connectivity index (χ3v) is 9.08. The Kier molecular flexibility index (Phi) is 4.51. The molecule has 0 spiro atoms. The van der Waals surface area contributed by atoms with E-state index < -0.39 is 15.4 Å². The Balaban J connectivity index is 1.40. The van der Waals surface area contributed by atoms with Crippen LogP contribution in [0.5, 0.6) is 0 Å². The van der Waals surface area contributed by atoms with Crippen molar-refractivity contribution < 1.29 is 17.9 Å². The van der Waals surface area contributed by atoms with Gasteiger partial charge < -0.3 is 5.11 Å². The zero-order chi connectivity index (χ0) is 23.8. The third-order valence-electron chi connectivity index (χ3n) is 7.40. The fourth-order valence-electron chi connectivity index (χ4n) is 5.71. The first-order valence-electron chi connectivity index (χ1n) is 11.0. The highest BCUT2D eigenvalue weighted by Crippen LogP contribution is 2.65. The van der Waals surface area contributed by atoms with Crippen molar-refractivity contribution in [2.75, 3.05) is 19.7 Å². The summed E-state index contributed by atoms with van der Waals surface area (Å²) in [5.41, 5.74) is 3.20. The number of aliphatic hydroxyl groups excluding tert-OH is 1. The van der Waals surface area contributed by atoms with Crippen molar-refractivity contribution in [2.45, 2.75) is 17.4 Å². The van der Waals surface area contributed by atoms with E-state index in [0.717, 1.165) is 27.7 Å². The molecule has 1 aliphatic carbocycles. The highest BCUT2D eigenvalue weighted by molar-refractivity contribution is 7.89. The van der Waals surface area contributed by atoms with Crippen LogP contribution < -0.4 is 0 Å². The van der Waals surface area contributed by atoms with Gasteiger partial charge in [-0.3, -0.25) is 0 Å². The van der Waals surface area contributed by atoms with Gasteiger partial charge in [-0.2, -0.15) is 19.3 Å². The molecule has 1 N–H and O–H groups in total. The summed E-state index contributed by atoms with van der Waals surface area (Å²) in [6.45, 7) is 2.60. The number of aryl methyl sites for hydroxylation is 2. The lowest BCUT2D eigenvalue weighted by Gasteiger charge is -2.24. The summed E-state index contributed by atoms with van der Waals surface area (Å²) < 4.78 is 42.9. The van der Waals surface area contributed by atoms with Crippen LogP contribution in [0.1, 0.15) is 11.1 Å². The molecule has 0 amide bonds. The topological polar surface area (TPSA) is 106 Å². The smallest absolute Gasteiger partial charge is 0.264 e. The summed E-state index contributed by atoms with van der Waals surface area (Å²) in [6, 6.07) is 10.2. The molecule has 11 heteroatoms. The van der Waals surface area contributed by atoms with Crippen LogP contribution in [0.4, 0.5) is 4.39 Å². The molecule has 34 heavy (non-hydrogen) atoms. The third kappa shape index (κ3) is 2.90. The van der Waals surface area contributed by atoms with Gasteiger partial charge in [0.1, 0.15) is 5.82 Å². The Morgan fingerprint density at radius 1 is 1.18 bits per heavy atom. The van der Waals surface area contributed by atoms with E-state index in [2.05, 4.69) is 21.4 Å². The van der Waals surface area contributed by atoms with Crippen molar-refractivity contribution in [3.05, 3.63) is 65.7 Å². The normalized spacial score (nSPS) is 24.6. The number of sulfonamides is 1. The van der Waals surface area contributed by atoms with E-state index in [4.69, 9.17) is 0 Å². The predicted molar refractivity (Wildman–Crippen MR) is 121 cm³/mol. The zero-order valence-corrected chi connectivity index (χ0v) is 19.4. The number of aromatic nitrogens is 5. The van der Waals surface area contributed by atoms with Crippen molar-refractivity contribution >= 4 is 20.9 Å². The average molecular weight is 483 g/mol. The van der Waals surface area contributed by atoms with Crippen LogP contribution in [0.15, 0.2) is 53.8 Å². The molecule has 2 aliphatic rings. The van der Waals surface area contributed by atoms with Crippen LogP contribution in [-0.2, 0) is 22.5 Å². The molecular formula is C23H23FN6O3S. The maximum Gasteiger partial charge on any atom is 0.264 e. The van der Waals surface area contributed by atoms with Gasteiger partial charge in [0.2, 0.25) is 5.03 Å². The summed E-state index contributed by atoms with van der Waals surface area (Å²) >= 11 is 0. The molecular weight excluding hydrogens is 459 g/mol. The van der Waals surface area contributed by atoms with Crippen molar-refractivity contribution in [3.8, 4) is 5.69 Å². The van der Waals surface area contributed by atoms with Crippen LogP contribution in [0.3, 0.4) is 0 Å². The fourth-order valence-corrected chi connectivity index (χ4v) is 7.12. The SMILES string of the molecule is Cc1cc2c(cnn2-c2ccc(F)cc2)cc1[C@@]12CN(S(=O)(=O)c3cnn(C)n3)C[C@@H]1[C@@H]2CO. The van der Waals surface area contributed by atoms with E-state index in [1.54, 1.807) is 30.1 Å². The summed E-state index contributed by atoms with van der Waals surface area (Å²) in [7, 11) is -2.20. The summed E-state index contributed by atoms with van der Waals surface area (Å²) in [5, 5.41) is 23.3. The first-order valence-corrected chi connectivity index (χ1v) is 12.4. The number of hydrogen-bond donors (Lipinski definition) is 1. The minimum atomic E-state index is -3.78. The molecule has 2 aromatic heterocycles. The fraction of sp³-hybridized carbons (Fsp3) is 0.348. The van der Waals surface area contributed by atoms with Crippen molar-refractivity contribution in [3.63, 3.8) is 0 Å². The highest BCUT2D eigenvalue weighted by Gasteiger charge is 2.71. The molecule has 0 radical (unpaired) electrons. The molecule has 176 valence electrons. The van der Waals surface area contributed by atoms with E-state index >= 15 is 0 Å². The largest absolute Gasteiger partial charge is 0.396 e. The lowest BCUT2D eigenvalue weighted by atomic mass is 9.88. The van der Waals surface area contributed by atoms with Gasteiger partial charge in [-0.05, 0) is 66.3 Å². The molecule has 1 saturated carbocycles. The van der Waals surface area contributed by atoms with E-state index in [9.17, 15) is 17.9 Å². The Morgan fingerprint density at radius 2 is 1.94 bits per heavy atom. The Bertz CT molecular complexity index is 1530. The standard InChI is InChI=1S/C23H23FN6O3S/c1-14-7-21-15(9-26-30(21)17-5-3-16(24)4-6-17)8-18(14)23-13-29(11-19(23)20(23)12-31)34(32,33)22-10-25-28(2)27-22/h3-10,19-20,31H,11-13H2,1-2H3/t19-,20+,23+/m1/s1. The van der Waals surface area contributed by atoms with E-state index in [1.807, 2.05) is 13.0 Å². The van der Waals surface area contributed by atoms with Gasteiger partial charge in [0.25, 0.3) is 10.0 Å². The first kappa shape index (κ1) is 21.4. The van der Waals surface area contributed by atoms with E-state index in [0.29, 0.717) is 6.54 Å². The number of fused-ring (bicyclic) bond motifs is 2. The van der Waals surface area contributed by atoms with Crippen LogP contribution >= 0.6 is 0 Å². The lowest BCUT2D eigenvalue weighted by Crippen LogP contribution is -2.35. The van der Waals surface area contributed by atoms with Crippen molar-refractivity contribution in [2.24, 2.45) is 18.9 Å². The predicted octanol–water partition coefficient (Wildman–Crippen LogP) is 1.78. The number of halogens is 1. The van der Waals surface area contributed by atoms with Crippen molar-refractivity contribution in [1.29, 1.82) is 0 Å². The van der Waals surface area contributed by atoms with Gasteiger partial charge in [0.05, 0.1) is 23.6 Å². The zero-order valence-electron chi connectivity index (χ0n) is 18.6. The maximum atomic E-state index is 13.4. The molecule has 1 saturated heterocycles. The molecule has 0 unspecified atom stereocenters. The number of nitrogens with zero attached hydrogens (tertiary/aromatic N) is 6. The molecule has 1 aliphatic heterocycles. The number of piperidine rings is 1. The molecule has 3 heterocycles. The number of rotatable bonds is 5. The number of hydrogen-bond acceptors (Lipinski definition) is 6. The van der Waals surface area contributed by atoms with E-state index in [-0.39, 0.29) is 35.8 Å². The van der Waals surface area contributed by atoms with Gasteiger partial charge in [0.15, 0.2) is 0 Å². The summed E-state index contributed by atoms with van der Waals surface area (Å²) in [5.74, 6) is -0.300. The molecule has 9 nitrogen and oxygen atoms in total. The van der Waals surface area contributed by atoms with Crippen LogP contribution in [0.2, 0.25) is 0 Å².